The number of nitrogens with zero attached hydrogens (tertiary/aromatic N) is 1. The number of ether oxygens (including phenoxy) is 1. The fraction of sp³-hybridized carbons (Fsp3) is 0.917. The Morgan fingerprint density at radius 2 is 2.33 bits per heavy atom. The minimum Gasteiger partial charge on any atom is -0.380 e. The van der Waals surface area contributed by atoms with Gasteiger partial charge in [0.1, 0.15) is 5.78 Å². The van der Waals surface area contributed by atoms with E-state index in [-0.39, 0.29) is 0 Å². The molecule has 3 heteroatoms. The van der Waals surface area contributed by atoms with Gasteiger partial charge in [0.15, 0.2) is 0 Å². The number of carbonyl (C=O) groups is 1. The van der Waals surface area contributed by atoms with E-state index in [9.17, 15) is 4.79 Å². The first-order chi connectivity index (χ1) is 7.26. The van der Waals surface area contributed by atoms with Crippen LogP contribution in [0.2, 0.25) is 0 Å². The third kappa shape index (κ3) is 4.76. The summed E-state index contributed by atoms with van der Waals surface area (Å²) in [5.74, 6) is 0.385. The van der Waals surface area contributed by atoms with Crippen molar-refractivity contribution in [3.63, 3.8) is 0 Å². The fourth-order valence-electron chi connectivity index (χ4n) is 2.09. The summed E-state index contributed by atoms with van der Waals surface area (Å²) in [6.45, 7) is 5.19. The van der Waals surface area contributed by atoms with Crippen molar-refractivity contribution in [3.8, 4) is 0 Å². The number of ketones is 1. The van der Waals surface area contributed by atoms with Crippen LogP contribution in [0.5, 0.6) is 0 Å². The van der Waals surface area contributed by atoms with E-state index in [1.165, 1.54) is 19.4 Å². The van der Waals surface area contributed by atoms with Gasteiger partial charge in [-0.05, 0) is 32.4 Å². The predicted molar refractivity (Wildman–Crippen MR) is 61.0 cm³/mol. The van der Waals surface area contributed by atoms with E-state index in [1.807, 2.05) is 6.92 Å². The molecule has 0 bridgehead atoms. The normalized spacial score (nSPS) is 22.9. The highest BCUT2D eigenvalue weighted by Gasteiger charge is 2.18. The largest absolute Gasteiger partial charge is 0.380 e. The summed E-state index contributed by atoms with van der Waals surface area (Å²) < 4.78 is 5.36. The van der Waals surface area contributed by atoms with Crippen LogP contribution in [0.4, 0.5) is 0 Å². The van der Waals surface area contributed by atoms with E-state index in [2.05, 4.69) is 4.90 Å². The lowest BCUT2D eigenvalue weighted by atomic mass is 10.1. The van der Waals surface area contributed by atoms with E-state index in [0.29, 0.717) is 18.3 Å². The van der Waals surface area contributed by atoms with E-state index in [4.69, 9.17) is 4.74 Å². The molecule has 1 saturated heterocycles. The maximum atomic E-state index is 11.1. The molecule has 1 fully saturated rings. The third-order valence-electron chi connectivity index (χ3n) is 3.12. The zero-order valence-corrected chi connectivity index (χ0v) is 10.00. The number of Topliss-reactive ketones (excluding diaryl/α,β-unsaturated/α-hetero) is 1. The molecule has 15 heavy (non-hydrogen) atoms. The predicted octanol–water partition coefficient (Wildman–Crippen LogP) is 1.86. The molecule has 0 aromatic carbocycles. The van der Waals surface area contributed by atoms with Crippen LogP contribution in [0, 0.1) is 0 Å². The van der Waals surface area contributed by atoms with Gasteiger partial charge >= 0.3 is 0 Å². The number of rotatable bonds is 6. The molecule has 0 N–H and O–H groups in total. The number of likely N-dealkylation sites (tertiary alicyclic amines) is 1. The van der Waals surface area contributed by atoms with Crippen LogP contribution in [-0.4, -0.2) is 43.5 Å². The SMILES string of the molecule is CCC(=O)CCCN1CCCC(OC)C1. The number of methoxy groups -OCH3 is 1. The maximum Gasteiger partial charge on any atom is 0.132 e. The Balaban J connectivity index is 2.12. The summed E-state index contributed by atoms with van der Waals surface area (Å²) >= 11 is 0. The van der Waals surface area contributed by atoms with E-state index < -0.39 is 0 Å². The van der Waals surface area contributed by atoms with Gasteiger partial charge in [-0.1, -0.05) is 6.92 Å². The zero-order chi connectivity index (χ0) is 11.1. The molecule has 88 valence electrons. The molecular weight excluding hydrogens is 190 g/mol. The quantitative estimate of drug-likeness (QED) is 0.674. The summed E-state index contributed by atoms with van der Waals surface area (Å²) in [5, 5.41) is 0. The number of hydrogen-bond donors (Lipinski definition) is 0. The standard InChI is InChI=1S/C12H23NO2/c1-3-11(14)6-4-8-13-9-5-7-12(10-13)15-2/h12H,3-10H2,1-2H3. The van der Waals surface area contributed by atoms with Crippen LogP contribution in [0.3, 0.4) is 0 Å². The molecule has 0 amide bonds. The monoisotopic (exact) mass is 213 g/mol. The second-order valence-corrected chi connectivity index (χ2v) is 4.30. The maximum absolute atomic E-state index is 11.1. The Kier molecular flexibility index (Phi) is 5.88. The Hall–Kier alpha value is -0.410. The Labute approximate surface area is 92.8 Å². The van der Waals surface area contributed by atoms with Gasteiger partial charge in [-0.3, -0.25) is 4.79 Å². The summed E-state index contributed by atoms with van der Waals surface area (Å²) in [4.78, 5) is 13.5. The molecule has 0 aromatic rings. The van der Waals surface area contributed by atoms with Crippen LogP contribution in [0.25, 0.3) is 0 Å². The molecule has 0 spiro atoms. The van der Waals surface area contributed by atoms with Gasteiger partial charge in [-0.2, -0.15) is 0 Å². The van der Waals surface area contributed by atoms with Crippen LogP contribution in [0.1, 0.15) is 39.0 Å². The molecule has 0 radical (unpaired) electrons. The highest BCUT2D eigenvalue weighted by molar-refractivity contribution is 5.77. The molecule has 1 heterocycles. The average molecular weight is 213 g/mol. The van der Waals surface area contributed by atoms with Crippen LogP contribution in [-0.2, 0) is 9.53 Å². The van der Waals surface area contributed by atoms with Crippen molar-refractivity contribution >= 4 is 5.78 Å². The van der Waals surface area contributed by atoms with Gasteiger partial charge in [-0.15, -0.1) is 0 Å². The topological polar surface area (TPSA) is 29.5 Å². The highest BCUT2D eigenvalue weighted by atomic mass is 16.5. The average Bonchev–Trinajstić information content (AvgIpc) is 2.29. The first-order valence-corrected chi connectivity index (χ1v) is 6.03. The second-order valence-electron chi connectivity index (χ2n) is 4.30. The molecule has 1 aliphatic heterocycles. The highest BCUT2D eigenvalue weighted by Crippen LogP contribution is 2.13. The van der Waals surface area contributed by atoms with Crippen LogP contribution >= 0.6 is 0 Å². The lowest BCUT2D eigenvalue weighted by molar-refractivity contribution is -0.118. The first kappa shape index (κ1) is 12.7. The number of piperidine rings is 1. The molecule has 0 saturated carbocycles. The molecule has 0 aromatic heterocycles. The van der Waals surface area contributed by atoms with Crippen molar-refractivity contribution in [2.75, 3.05) is 26.7 Å². The van der Waals surface area contributed by atoms with Crippen molar-refractivity contribution in [1.82, 2.24) is 4.90 Å². The lowest BCUT2D eigenvalue weighted by Crippen LogP contribution is -2.39. The molecule has 0 aliphatic carbocycles. The molecule has 1 unspecified atom stereocenters. The number of hydrogen-bond acceptors (Lipinski definition) is 3. The third-order valence-corrected chi connectivity index (χ3v) is 3.12. The molecule has 1 aliphatic rings. The molecular formula is C12H23NO2. The van der Waals surface area contributed by atoms with Crippen molar-refractivity contribution in [2.45, 2.75) is 45.1 Å². The van der Waals surface area contributed by atoms with E-state index in [0.717, 1.165) is 25.9 Å². The van der Waals surface area contributed by atoms with Crippen LogP contribution in [0.15, 0.2) is 0 Å². The minimum absolute atomic E-state index is 0.385. The molecule has 1 rings (SSSR count). The first-order valence-electron chi connectivity index (χ1n) is 6.03. The summed E-state index contributed by atoms with van der Waals surface area (Å²) in [6.07, 6.45) is 5.23. The summed E-state index contributed by atoms with van der Waals surface area (Å²) in [6, 6.07) is 0. The van der Waals surface area contributed by atoms with E-state index in [1.54, 1.807) is 7.11 Å². The van der Waals surface area contributed by atoms with Gasteiger partial charge in [0.05, 0.1) is 6.10 Å². The fourth-order valence-corrected chi connectivity index (χ4v) is 2.09. The summed E-state index contributed by atoms with van der Waals surface area (Å²) in [7, 11) is 1.79. The minimum atomic E-state index is 0.385. The smallest absolute Gasteiger partial charge is 0.132 e. The Morgan fingerprint density at radius 3 is 3.00 bits per heavy atom. The lowest BCUT2D eigenvalue weighted by Gasteiger charge is -2.31. The van der Waals surface area contributed by atoms with Gasteiger partial charge in [0.2, 0.25) is 0 Å². The van der Waals surface area contributed by atoms with Crippen molar-refractivity contribution in [3.05, 3.63) is 0 Å². The van der Waals surface area contributed by atoms with Gasteiger partial charge in [0.25, 0.3) is 0 Å². The van der Waals surface area contributed by atoms with Gasteiger partial charge in [-0.25, -0.2) is 0 Å². The molecule has 1 atom stereocenters. The van der Waals surface area contributed by atoms with E-state index >= 15 is 0 Å². The van der Waals surface area contributed by atoms with Crippen molar-refractivity contribution in [2.24, 2.45) is 0 Å². The summed E-state index contributed by atoms with van der Waals surface area (Å²) in [5.41, 5.74) is 0. The Morgan fingerprint density at radius 1 is 1.53 bits per heavy atom. The van der Waals surface area contributed by atoms with Gasteiger partial charge in [0, 0.05) is 26.5 Å². The Bertz CT molecular complexity index is 194. The van der Waals surface area contributed by atoms with Crippen LogP contribution < -0.4 is 0 Å². The second kappa shape index (κ2) is 6.96. The van der Waals surface area contributed by atoms with Gasteiger partial charge < -0.3 is 9.64 Å². The molecule has 3 nitrogen and oxygen atoms in total. The van der Waals surface area contributed by atoms with Crippen molar-refractivity contribution in [1.29, 1.82) is 0 Å². The van der Waals surface area contributed by atoms with Crippen molar-refractivity contribution < 1.29 is 9.53 Å². The zero-order valence-electron chi connectivity index (χ0n) is 10.00. The number of carbonyl (C=O) groups excluding carboxylic acids is 1.